The number of hydrazine groups is 2. The zero-order valence-corrected chi connectivity index (χ0v) is 20.2. The molecule has 2 amide bonds. The highest BCUT2D eigenvalue weighted by atomic mass is 32.1. The van der Waals surface area contributed by atoms with Crippen molar-refractivity contribution in [1.82, 2.24) is 21.0 Å². The number of thiophene rings is 2. The first-order valence-corrected chi connectivity index (χ1v) is 11.9. The molecule has 9 nitrogen and oxygen atoms in total. The van der Waals surface area contributed by atoms with Crippen molar-refractivity contribution in [3.63, 3.8) is 0 Å². The number of amidine groups is 1. The molecule has 0 fully saturated rings. The standard InChI is InChI=1S/C21H27N7O2S2/c1-11(22)10-21-12-8-16(18(29)27(3)4)31-14(12)6-7-15-13(21)9-17(32-15)19(30)28(5)26-25-24-20(21)23-2/h8-9,11,25-26H,2,6-7,10,22H2,1,3-5H3/b24-20-/t11-,21?/m0/s1. The fourth-order valence-corrected chi connectivity index (χ4v) is 6.90. The Bertz CT molecular complexity index is 1120. The summed E-state index contributed by atoms with van der Waals surface area (Å²) in [5.41, 5.74) is 13.0. The van der Waals surface area contributed by atoms with E-state index in [1.54, 1.807) is 26.0 Å². The number of aryl methyl sites for hydroxylation is 2. The highest BCUT2D eigenvalue weighted by molar-refractivity contribution is 7.15. The Morgan fingerprint density at radius 2 is 2.00 bits per heavy atom. The van der Waals surface area contributed by atoms with Crippen molar-refractivity contribution >= 4 is 47.0 Å². The molecule has 0 saturated carbocycles. The highest BCUT2D eigenvalue weighted by Gasteiger charge is 2.47. The number of rotatable bonds is 3. The molecule has 1 unspecified atom stereocenters. The summed E-state index contributed by atoms with van der Waals surface area (Å²) in [6, 6.07) is 3.69. The molecule has 0 radical (unpaired) electrons. The zero-order valence-electron chi connectivity index (χ0n) is 18.6. The molecule has 0 aromatic carbocycles. The Hall–Kier alpha value is -2.60. The van der Waals surface area contributed by atoms with Crippen LogP contribution >= 0.6 is 22.7 Å². The third-order valence-electron chi connectivity index (χ3n) is 5.79. The number of aliphatic imine (C=N–C) groups is 1. The second kappa shape index (κ2) is 8.39. The second-order valence-electron chi connectivity index (χ2n) is 8.36. The summed E-state index contributed by atoms with van der Waals surface area (Å²) in [4.78, 5) is 35.1. The summed E-state index contributed by atoms with van der Waals surface area (Å²) in [5, 5.41) is 5.84. The van der Waals surface area contributed by atoms with Gasteiger partial charge in [-0.15, -0.1) is 33.3 Å². The maximum Gasteiger partial charge on any atom is 0.279 e. The second-order valence-corrected chi connectivity index (χ2v) is 10.6. The molecular weight excluding hydrogens is 446 g/mol. The van der Waals surface area contributed by atoms with Crippen molar-refractivity contribution in [2.75, 3.05) is 21.1 Å². The Morgan fingerprint density at radius 3 is 2.62 bits per heavy atom. The van der Waals surface area contributed by atoms with Crippen molar-refractivity contribution in [2.24, 2.45) is 15.8 Å². The Morgan fingerprint density at radius 1 is 1.34 bits per heavy atom. The molecule has 11 heteroatoms. The van der Waals surface area contributed by atoms with E-state index in [4.69, 9.17) is 5.73 Å². The fraction of sp³-hybridized carbons (Fsp3) is 0.429. The molecule has 2 atom stereocenters. The van der Waals surface area contributed by atoms with Crippen molar-refractivity contribution in [3.8, 4) is 0 Å². The molecule has 2 aromatic rings. The van der Waals surface area contributed by atoms with Crippen LogP contribution in [-0.2, 0) is 18.3 Å². The van der Waals surface area contributed by atoms with Gasteiger partial charge in [0.05, 0.1) is 15.2 Å². The van der Waals surface area contributed by atoms with E-state index in [0.29, 0.717) is 22.0 Å². The molecule has 4 rings (SSSR count). The maximum atomic E-state index is 12.9. The summed E-state index contributed by atoms with van der Waals surface area (Å²) in [6.07, 6.45) is 2.01. The molecule has 0 spiro atoms. The number of hydrazone groups is 1. The van der Waals surface area contributed by atoms with Crippen LogP contribution in [0.15, 0.2) is 22.2 Å². The van der Waals surface area contributed by atoms with E-state index in [2.05, 4.69) is 27.9 Å². The number of hydrogen-bond donors (Lipinski definition) is 3. The van der Waals surface area contributed by atoms with Gasteiger partial charge >= 0.3 is 0 Å². The molecule has 1 aliphatic carbocycles. The van der Waals surface area contributed by atoms with Crippen LogP contribution in [0, 0.1) is 0 Å². The summed E-state index contributed by atoms with van der Waals surface area (Å²) in [7, 11) is 5.12. The normalized spacial score (nSPS) is 22.7. The first-order chi connectivity index (χ1) is 15.2. The lowest BCUT2D eigenvalue weighted by Crippen LogP contribution is -2.48. The average Bonchev–Trinajstić information content (AvgIpc) is 3.34. The van der Waals surface area contributed by atoms with Gasteiger partial charge in [-0.3, -0.25) is 14.6 Å². The molecule has 2 aromatic heterocycles. The first kappa shape index (κ1) is 22.6. The van der Waals surface area contributed by atoms with Gasteiger partial charge in [0.2, 0.25) is 0 Å². The van der Waals surface area contributed by atoms with Gasteiger partial charge in [-0.25, -0.2) is 10.5 Å². The Kier molecular flexibility index (Phi) is 5.93. The number of nitrogens with one attached hydrogen (secondary N) is 2. The third kappa shape index (κ3) is 3.54. The van der Waals surface area contributed by atoms with Crippen LogP contribution in [0.3, 0.4) is 0 Å². The van der Waals surface area contributed by atoms with Crippen LogP contribution in [0.1, 0.15) is 53.6 Å². The van der Waals surface area contributed by atoms with Crippen LogP contribution in [0.4, 0.5) is 0 Å². The average molecular weight is 474 g/mol. The minimum Gasteiger partial charge on any atom is -0.344 e. The van der Waals surface area contributed by atoms with Crippen LogP contribution in [0.5, 0.6) is 0 Å². The molecule has 0 saturated heterocycles. The molecule has 1 aliphatic heterocycles. The largest absolute Gasteiger partial charge is 0.344 e. The number of nitrogens with zero attached hydrogens (tertiary/aromatic N) is 4. The van der Waals surface area contributed by atoms with Crippen LogP contribution in [-0.4, -0.2) is 61.5 Å². The predicted octanol–water partition coefficient (Wildman–Crippen LogP) is 1.74. The first-order valence-electron chi connectivity index (χ1n) is 10.3. The summed E-state index contributed by atoms with van der Waals surface area (Å²) < 4.78 is 0. The summed E-state index contributed by atoms with van der Waals surface area (Å²) >= 11 is 2.99. The van der Waals surface area contributed by atoms with Gasteiger partial charge in [0.25, 0.3) is 11.8 Å². The molecule has 170 valence electrons. The van der Waals surface area contributed by atoms with Crippen molar-refractivity contribution in [3.05, 3.63) is 42.8 Å². The number of fused-ring (bicyclic) bond motifs is 3. The van der Waals surface area contributed by atoms with Gasteiger partial charge in [-0.2, -0.15) is 0 Å². The van der Waals surface area contributed by atoms with Crippen molar-refractivity contribution < 1.29 is 9.59 Å². The van der Waals surface area contributed by atoms with Gasteiger partial charge in [0, 0.05) is 36.9 Å². The monoisotopic (exact) mass is 473 g/mol. The topological polar surface area (TPSA) is 115 Å². The SMILES string of the molecule is C=N/C1=N\NNN(C)C(=O)c2cc3c(s2)CCc2sc(C(=O)N(C)C)cc2C13C[C@H](C)N. The molecule has 2 aliphatic rings. The van der Waals surface area contributed by atoms with E-state index in [9.17, 15) is 9.59 Å². The van der Waals surface area contributed by atoms with Gasteiger partial charge in [0.1, 0.15) is 0 Å². The molecule has 2 bridgehead atoms. The zero-order chi connectivity index (χ0) is 23.2. The molecule has 32 heavy (non-hydrogen) atoms. The summed E-state index contributed by atoms with van der Waals surface area (Å²) in [5.74, 6) is 0.233. The van der Waals surface area contributed by atoms with Gasteiger partial charge in [0.15, 0.2) is 5.84 Å². The van der Waals surface area contributed by atoms with E-state index in [1.165, 1.54) is 27.7 Å². The minimum atomic E-state index is -0.835. The van der Waals surface area contributed by atoms with E-state index in [-0.39, 0.29) is 17.9 Å². The number of amides is 2. The fourth-order valence-electron chi connectivity index (χ4n) is 4.42. The smallest absolute Gasteiger partial charge is 0.279 e. The number of hydrogen-bond acceptors (Lipinski definition) is 9. The maximum absolute atomic E-state index is 12.9. The van der Waals surface area contributed by atoms with Gasteiger partial charge in [-0.05, 0) is 56.2 Å². The highest BCUT2D eigenvalue weighted by Crippen LogP contribution is 2.49. The number of carbonyl (C=O) groups excluding carboxylic acids is 2. The van der Waals surface area contributed by atoms with E-state index in [0.717, 1.165) is 33.7 Å². The lowest BCUT2D eigenvalue weighted by atomic mass is 9.70. The van der Waals surface area contributed by atoms with Crippen molar-refractivity contribution in [1.29, 1.82) is 0 Å². The third-order valence-corrected chi connectivity index (χ3v) is 8.15. The summed E-state index contributed by atoms with van der Waals surface area (Å²) in [6.45, 7) is 5.75. The van der Waals surface area contributed by atoms with E-state index < -0.39 is 5.41 Å². The van der Waals surface area contributed by atoms with Crippen LogP contribution in [0.25, 0.3) is 0 Å². The number of nitrogens with two attached hydrogens (primary N) is 1. The van der Waals surface area contributed by atoms with Gasteiger partial charge in [-0.1, -0.05) is 0 Å². The van der Waals surface area contributed by atoms with E-state index >= 15 is 0 Å². The van der Waals surface area contributed by atoms with Gasteiger partial charge < -0.3 is 10.6 Å². The quantitative estimate of drug-likeness (QED) is 0.588. The lowest BCUT2D eigenvalue weighted by molar-refractivity contribution is 0.0681. The molecule has 3 heterocycles. The minimum absolute atomic E-state index is 0.0493. The van der Waals surface area contributed by atoms with Crippen molar-refractivity contribution in [2.45, 2.75) is 37.6 Å². The van der Waals surface area contributed by atoms with E-state index in [1.807, 2.05) is 19.1 Å². The number of carbonyl (C=O) groups is 2. The Balaban J connectivity index is 2.06. The molecular formula is C21H27N7O2S2. The lowest BCUT2D eigenvalue weighted by Gasteiger charge is -2.35. The Labute approximate surface area is 194 Å². The van der Waals surface area contributed by atoms with Crippen LogP contribution in [0.2, 0.25) is 0 Å². The van der Waals surface area contributed by atoms with Crippen LogP contribution < -0.4 is 16.8 Å². The molecule has 4 N–H and O–H groups in total. The predicted molar refractivity (Wildman–Crippen MR) is 128 cm³/mol.